The largest absolute Gasteiger partial charge is 0.392 e. The van der Waals surface area contributed by atoms with Crippen molar-refractivity contribution in [3.05, 3.63) is 59.9 Å². The van der Waals surface area contributed by atoms with Crippen molar-refractivity contribution < 1.29 is 9.50 Å². The molecule has 3 aromatic rings. The maximum absolute atomic E-state index is 14.0. The predicted molar refractivity (Wildman–Crippen MR) is 75.6 cm³/mol. The quantitative estimate of drug-likeness (QED) is 0.802. The fourth-order valence-electron chi connectivity index (χ4n) is 1.80. The summed E-state index contributed by atoms with van der Waals surface area (Å²) in [5.41, 5.74) is 1.33. The van der Waals surface area contributed by atoms with Gasteiger partial charge in [0.05, 0.1) is 17.2 Å². The van der Waals surface area contributed by atoms with E-state index in [-0.39, 0.29) is 6.61 Å². The number of nitrogens with zero attached hydrogens (tertiary/aromatic N) is 4. The number of hydrogen-bond acceptors (Lipinski definition) is 5. The van der Waals surface area contributed by atoms with Crippen molar-refractivity contribution in [1.29, 1.82) is 0 Å². The van der Waals surface area contributed by atoms with Crippen LogP contribution in [0.15, 0.2) is 58.6 Å². The van der Waals surface area contributed by atoms with Gasteiger partial charge >= 0.3 is 0 Å². The maximum Gasteiger partial charge on any atom is 0.219 e. The van der Waals surface area contributed by atoms with E-state index < -0.39 is 5.82 Å². The Morgan fingerprint density at radius 1 is 1.14 bits per heavy atom. The third-order valence-electron chi connectivity index (χ3n) is 2.82. The summed E-state index contributed by atoms with van der Waals surface area (Å²) in [5, 5.41) is 20.9. The summed E-state index contributed by atoms with van der Waals surface area (Å²) in [5.74, 6) is -0.408. The number of aliphatic hydroxyl groups excluding tert-OH is 1. The average molecular weight is 302 g/mol. The highest BCUT2D eigenvalue weighted by atomic mass is 32.2. The number of benzene rings is 2. The fourth-order valence-corrected chi connectivity index (χ4v) is 2.59. The Morgan fingerprint density at radius 2 is 1.95 bits per heavy atom. The Hall–Kier alpha value is -2.25. The summed E-state index contributed by atoms with van der Waals surface area (Å²) in [6.45, 7) is -0.191. The van der Waals surface area contributed by atoms with E-state index in [4.69, 9.17) is 5.11 Å². The topological polar surface area (TPSA) is 63.8 Å². The molecular weight excluding hydrogens is 291 g/mol. The smallest absolute Gasteiger partial charge is 0.219 e. The third-order valence-corrected chi connectivity index (χ3v) is 3.81. The van der Waals surface area contributed by atoms with Crippen LogP contribution in [0.25, 0.3) is 5.69 Å². The molecule has 0 saturated carbocycles. The minimum absolute atomic E-state index is 0.191. The highest BCUT2D eigenvalue weighted by molar-refractivity contribution is 7.99. The van der Waals surface area contributed by atoms with Crippen LogP contribution in [0.1, 0.15) is 5.56 Å². The van der Waals surface area contributed by atoms with Gasteiger partial charge < -0.3 is 5.11 Å². The molecule has 0 amide bonds. The second-order valence-electron chi connectivity index (χ2n) is 4.23. The molecule has 1 aromatic heterocycles. The molecule has 0 spiro atoms. The predicted octanol–water partition coefficient (Wildman–Crippen LogP) is 2.44. The number of hydrogen-bond donors (Lipinski definition) is 1. The lowest BCUT2D eigenvalue weighted by molar-refractivity contribution is 0.281. The van der Waals surface area contributed by atoms with Crippen LogP contribution in [0.4, 0.5) is 4.39 Å². The van der Waals surface area contributed by atoms with Crippen LogP contribution < -0.4 is 0 Å². The number of halogens is 1. The molecule has 1 N–H and O–H groups in total. The van der Waals surface area contributed by atoms with Crippen LogP contribution in [-0.4, -0.2) is 25.3 Å². The SMILES string of the molecule is OCc1ccc(Sc2nnnn2-c2ccccc2)c(F)c1. The van der Waals surface area contributed by atoms with E-state index >= 15 is 0 Å². The van der Waals surface area contributed by atoms with Gasteiger partial charge in [0.25, 0.3) is 0 Å². The van der Waals surface area contributed by atoms with Gasteiger partial charge in [-0.25, -0.2) is 4.39 Å². The van der Waals surface area contributed by atoms with Gasteiger partial charge in [-0.15, -0.1) is 5.10 Å². The Morgan fingerprint density at radius 3 is 2.67 bits per heavy atom. The summed E-state index contributed by atoms with van der Waals surface area (Å²) in [7, 11) is 0. The summed E-state index contributed by atoms with van der Waals surface area (Å²) in [6, 6.07) is 14.0. The molecule has 0 atom stereocenters. The van der Waals surface area contributed by atoms with Crippen LogP contribution in [0.2, 0.25) is 0 Å². The van der Waals surface area contributed by atoms with E-state index in [1.165, 1.54) is 6.07 Å². The van der Waals surface area contributed by atoms with E-state index in [0.717, 1.165) is 17.4 Å². The van der Waals surface area contributed by atoms with Gasteiger partial charge in [-0.2, -0.15) is 4.68 Å². The minimum Gasteiger partial charge on any atom is -0.392 e. The lowest BCUT2D eigenvalue weighted by Crippen LogP contribution is -1.98. The summed E-state index contributed by atoms with van der Waals surface area (Å²) < 4.78 is 15.5. The molecule has 7 heteroatoms. The van der Waals surface area contributed by atoms with E-state index in [1.807, 2.05) is 30.3 Å². The molecule has 2 aromatic carbocycles. The molecule has 0 fully saturated rings. The molecule has 0 bridgehead atoms. The zero-order valence-corrected chi connectivity index (χ0v) is 11.7. The number of aromatic nitrogens is 4. The zero-order chi connectivity index (χ0) is 14.7. The Bertz CT molecular complexity index is 748. The lowest BCUT2D eigenvalue weighted by atomic mass is 10.2. The van der Waals surface area contributed by atoms with E-state index in [1.54, 1.807) is 16.8 Å². The van der Waals surface area contributed by atoms with Gasteiger partial charge in [0.2, 0.25) is 5.16 Å². The molecule has 21 heavy (non-hydrogen) atoms. The van der Waals surface area contributed by atoms with E-state index in [0.29, 0.717) is 15.6 Å². The Kier molecular flexibility index (Phi) is 3.94. The lowest BCUT2D eigenvalue weighted by Gasteiger charge is -2.05. The Labute approximate surface area is 124 Å². The number of rotatable bonds is 4. The van der Waals surface area contributed by atoms with Crippen LogP contribution >= 0.6 is 11.8 Å². The van der Waals surface area contributed by atoms with Crippen molar-refractivity contribution in [2.45, 2.75) is 16.7 Å². The monoisotopic (exact) mass is 302 g/mol. The van der Waals surface area contributed by atoms with Crippen molar-refractivity contribution in [2.24, 2.45) is 0 Å². The normalized spacial score (nSPS) is 10.8. The molecule has 0 aliphatic heterocycles. The van der Waals surface area contributed by atoms with E-state index in [9.17, 15) is 4.39 Å². The number of tetrazole rings is 1. The average Bonchev–Trinajstić information content (AvgIpc) is 2.98. The molecule has 0 radical (unpaired) electrons. The minimum atomic E-state index is -0.408. The standard InChI is InChI=1S/C14H11FN4OS/c15-12-8-10(9-20)6-7-13(12)21-14-16-17-18-19(14)11-4-2-1-3-5-11/h1-8,20H,9H2. The molecule has 0 aliphatic carbocycles. The Balaban J connectivity index is 1.92. The first-order valence-electron chi connectivity index (χ1n) is 6.19. The van der Waals surface area contributed by atoms with Crippen LogP contribution in [-0.2, 0) is 6.61 Å². The molecule has 0 unspecified atom stereocenters. The molecule has 1 heterocycles. The number of para-hydroxylation sites is 1. The van der Waals surface area contributed by atoms with Gasteiger partial charge in [0.1, 0.15) is 5.82 Å². The summed E-state index contributed by atoms with van der Waals surface area (Å²) in [4.78, 5) is 0.402. The second kappa shape index (κ2) is 6.02. The molecule has 5 nitrogen and oxygen atoms in total. The summed E-state index contributed by atoms with van der Waals surface area (Å²) >= 11 is 1.13. The highest BCUT2D eigenvalue weighted by Gasteiger charge is 2.13. The van der Waals surface area contributed by atoms with Gasteiger partial charge in [-0.3, -0.25) is 0 Å². The molecule has 3 rings (SSSR count). The van der Waals surface area contributed by atoms with Crippen molar-refractivity contribution in [3.63, 3.8) is 0 Å². The zero-order valence-electron chi connectivity index (χ0n) is 10.8. The summed E-state index contributed by atoms with van der Waals surface area (Å²) in [6.07, 6.45) is 0. The highest BCUT2D eigenvalue weighted by Crippen LogP contribution is 2.29. The van der Waals surface area contributed by atoms with Gasteiger partial charge in [-0.1, -0.05) is 24.3 Å². The maximum atomic E-state index is 14.0. The first-order chi connectivity index (χ1) is 10.3. The van der Waals surface area contributed by atoms with Gasteiger partial charge in [-0.05, 0) is 52.0 Å². The molecular formula is C14H11FN4OS. The van der Waals surface area contributed by atoms with Crippen LogP contribution in [0, 0.1) is 5.82 Å². The van der Waals surface area contributed by atoms with Crippen LogP contribution in [0.3, 0.4) is 0 Å². The van der Waals surface area contributed by atoms with Crippen LogP contribution in [0.5, 0.6) is 0 Å². The fraction of sp³-hybridized carbons (Fsp3) is 0.0714. The van der Waals surface area contributed by atoms with Crippen molar-refractivity contribution in [3.8, 4) is 5.69 Å². The van der Waals surface area contributed by atoms with Gasteiger partial charge in [0, 0.05) is 0 Å². The number of aliphatic hydroxyl groups is 1. The third kappa shape index (κ3) is 2.93. The first-order valence-corrected chi connectivity index (χ1v) is 7.00. The molecule has 106 valence electrons. The van der Waals surface area contributed by atoms with Crippen molar-refractivity contribution in [1.82, 2.24) is 20.2 Å². The van der Waals surface area contributed by atoms with Crippen molar-refractivity contribution in [2.75, 3.05) is 0 Å². The van der Waals surface area contributed by atoms with E-state index in [2.05, 4.69) is 15.5 Å². The van der Waals surface area contributed by atoms with Gasteiger partial charge in [0.15, 0.2) is 0 Å². The molecule has 0 aliphatic rings. The van der Waals surface area contributed by atoms with Crippen molar-refractivity contribution >= 4 is 11.8 Å². The second-order valence-corrected chi connectivity index (χ2v) is 5.24. The first kappa shape index (κ1) is 13.7. The molecule has 0 saturated heterocycles.